The zero-order chi connectivity index (χ0) is 11.1. The van der Waals surface area contributed by atoms with Gasteiger partial charge in [-0.1, -0.05) is 19.3 Å². The van der Waals surface area contributed by atoms with Crippen molar-refractivity contribution in [1.29, 1.82) is 0 Å². The molecule has 15 heavy (non-hydrogen) atoms. The van der Waals surface area contributed by atoms with Gasteiger partial charge in [-0.2, -0.15) is 0 Å². The lowest BCUT2D eigenvalue weighted by atomic mass is 9.95. The van der Waals surface area contributed by atoms with E-state index in [0.717, 1.165) is 12.8 Å². The number of hydrogen-bond acceptors (Lipinski definition) is 3. The molecule has 1 aliphatic carbocycles. The molecule has 1 saturated carbocycles. The van der Waals surface area contributed by atoms with Crippen LogP contribution in [0, 0.1) is 0 Å². The summed E-state index contributed by atoms with van der Waals surface area (Å²) in [5.74, 6) is 0.0727. The van der Waals surface area contributed by atoms with Gasteiger partial charge in [0, 0.05) is 22.6 Å². The number of aliphatic hydroxyl groups excluding tert-OH is 1. The molecule has 0 aromatic carbocycles. The van der Waals surface area contributed by atoms with Crippen LogP contribution >= 0.6 is 0 Å². The lowest BCUT2D eigenvalue weighted by Crippen LogP contribution is -2.39. The molecular formula is C10H19NO3S. The van der Waals surface area contributed by atoms with Crippen LogP contribution in [0.1, 0.15) is 32.1 Å². The van der Waals surface area contributed by atoms with Gasteiger partial charge >= 0.3 is 0 Å². The maximum atomic E-state index is 11.4. The fourth-order valence-corrected chi connectivity index (χ4v) is 2.56. The molecule has 0 aromatic heterocycles. The fraction of sp³-hybridized carbons (Fsp3) is 0.900. The van der Waals surface area contributed by atoms with Crippen molar-refractivity contribution in [2.45, 2.75) is 38.1 Å². The third-order valence-electron chi connectivity index (χ3n) is 2.58. The monoisotopic (exact) mass is 233 g/mol. The summed E-state index contributed by atoms with van der Waals surface area (Å²) in [5.41, 5.74) is 0. The SMILES string of the molecule is O=C(CS(=O)CCO)NC1CCCCC1. The largest absolute Gasteiger partial charge is 0.395 e. The van der Waals surface area contributed by atoms with Crippen LogP contribution in [0.5, 0.6) is 0 Å². The summed E-state index contributed by atoms with van der Waals surface area (Å²) in [7, 11) is -1.22. The minimum atomic E-state index is -1.22. The average Bonchev–Trinajstić information content (AvgIpc) is 2.19. The molecular weight excluding hydrogens is 214 g/mol. The minimum Gasteiger partial charge on any atom is -0.395 e. The van der Waals surface area contributed by atoms with Gasteiger partial charge in [0.05, 0.1) is 6.61 Å². The number of aliphatic hydroxyl groups is 1. The van der Waals surface area contributed by atoms with Crippen molar-refractivity contribution in [3.63, 3.8) is 0 Å². The highest BCUT2D eigenvalue weighted by Gasteiger charge is 2.16. The summed E-state index contributed by atoms with van der Waals surface area (Å²) in [6.07, 6.45) is 5.68. The number of rotatable bonds is 5. The van der Waals surface area contributed by atoms with Gasteiger partial charge < -0.3 is 10.4 Å². The topological polar surface area (TPSA) is 66.4 Å². The van der Waals surface area contributed by atoms with Crippen LogP contribution in [-0.4, -0.2) is 39.4 Å². The van der Waals surface area contributed by atoms with Crippen molar-refractivity contribution < 1.29 is 14.1 Å². The third kappa shape index (κ3) is 5.28. The fourth-order valence-electron chi connectivity index (χ4n) is 1.84. The Morgan fingerprint density at radius 2 is 2.00 bits per heavy atom. The Hall–Kier alpha value is -0.420. The molecule has 1 unspecified atom stereocenters. The molecule has 1 amide bonds. The van der Waals surface area contributed by atoms with E-state index in [1.807, 2.05) is 0 Å². The Kier molecular flexibility index (Phi) is 5.86. The maximum Gasteiger partial charge on any atom is 0.232 e. The van der Waals surface area contributed by atoms with Crippen molar-refractivity contribution >= 4 is 16.7 Å². The van der Waals surface area contributed by atoms with Gasteiger partial charge in [0.25, 0.3) is 0 Å². The molecule has 0 radical (unpaired) electrons. The third-order valence-corrected chi connectivity index (χ3v) is 3.80. The zero-order valence-electron chi connectivity index (χ0n) is 8.91. The lowest BCUT2D eigenvalue weighted by molar-refractivity contribution is -0.119. The van der Waals surface area contributed by atoms with E-state index >= 15 is 0 Å². The minimum absolute atomic E-state index is 0.0249. The molecule has 2 N–H and O–H groups in total. The highest BCUT2D eigenvalue weighted by atomic mass is 32.2. The van der Waals surface area contributed by atoms with Gasteiger partial charge in [-0.15, -0.1) is 0 Å². The van der Waals surface area contributed by atoms with Crippen molar-refractivity contribution in [3.05, 3.63) is 0 Å². The smallest absolute Gasteiger partial charge is 0.232 e. The second-order valence-corrected chi connectivity index (χ2v) is 5.49. The van der Waals surface area contributed by atoms with Crippen LogP contribution in [0.3, 0.4) is 0 Å². The van der Waals surface area contributed by atoms with E-state index in [1.54, 1.807) is 0 Å². The van der Waals surface area contributed by atoms with Gasteiger partial charge in [-0.3, -0.25) is 9.00 Å². The second-order valence-electron chi connectivity index (χ2n) is 3.91. The first-order valence-electron chi connectivity index (χ1n) is 5.47. The normalized spacial score (nSPS) is 19.8. The molecule has 0 spiro atoms. The van der Waals surface area contributed by atoms with Gasteiger partial charge in [0.15, 0.2) is 0 Å². The zero-order valence-corrected chi connectivity index (χ0v) is 9.72. The molecule has 88 valence electrons. The second kappa shape index (κ2) is 6.95. The molecule has 0 aliphatic heterocycles. The Balaban J connectivity index is 2.19. The first-order chi connectivity index (χ1) is 7.22. The highest BCUT2D eigenvalue weighted by Crippen LogP contribution is 2.17. The molecule has 5 heteroatoms. The van der Waals surface area contributed by atoms with E-state index in [0.29, 0.717) is 0 Å². The number of amides is 1. The van der Waals surface area contributed by atoms with Crippen LogP contribution < -0.4 is 5.32 Å². The van der Waals surface area contributed by atoms with Crippen LogP contribution in [0.2, 0.25) is 0 Å². The molecule has 1 aliphatic rings. The van der Waals surface area contributed by atoms with E-state index in [4.69, 9.17) is 5.11 Å². The molecule has 1 atom stereocenters. The van der Waals surface area contributed by atoms with Gasteiger partial charge in [-0.05, 0) is 12.8 Å². The van der Waals surface area contributed by atoms with Crippen LogP contribution in [0.25, 0.3) is 0 Å². The Bertz CT molecular complexity index is 227. The van der Waals surface area contributed by atoms with Crippen molar-refractivity contribution in [3.8, 4) is 0 Å². The van der Waals surface area contributed by atoms with E-state index in [2.05, 4.69) is 5.32 Å². The average molecular weight is 233 g/mol. The van der Waals surface area contributed by atoms with E-state index < -0.39 is 10.8 Å². The molecule has 0 saturated heterocycles. The van der Waals surface area contributed by atoms with E-state index in [-0.39, 0.29) is 30.1 Å². The van der Waals surface area contributed by atoms with Gasteiger partial charge in [0.2, 0.25) is 5.91 Å². The lowest BCUT2D eigenvalue weighted by Gasteiger charge is -2.22. The number of carbonyl (C=O) groups is 1. The molecule has 4 nitrogen and oxygen atoms in total. The van der Waals surface area contributed by atoms with E-state index in [1.165, 1.54) is 19.3 Å². The molecule has 1 fully saturated rings. The summed E-state index contributed by atoms with van der Waals surface area (Å²) in [4.78, 5) is 11.4. The number of nitrogens with one attached hydrogen (secondary N) is 1. The molecule has 1 rings (SSSR count). The van der Waals surface area contributed by atoms with Crippen LogP contribution in [0.4, 0.5) is 0 Å². The molecule has 0 heterocycles. The van der Waals surface area contributed by atoms with Crippen LogP contribution in [-0.2, 0) is 15.6 Å². The van der Waals surface area contributed by atoms with Gasteiger partial charge in [-0.25, -0.2) is 0 Å². The first kappa shape index (κ1) is 12.6. The summed E-state index contributed by atoms with van der Waals surface area (Å²) in [6, 6.07) is 0.275. The predicted octanol–water partition coefficient (Wildman–Crippen LogP) is 0.176. The number of hydrogen-bond donors (Lipinski definition) is 2. The maximum absolute atomic E-state index is 11.4. The van der Waals surface area contributed by atoms with Crippen molar-refractivity contribution in [1.82, 2.24) is 5.32 Å². The molecule has 0 aromatic rings. The standard InChI is InChI=1S/C10H19NO3S/c12-6-7-15(14)8-10(13)11-9-4-2-1-3-5-9/h9,12H,1-8H2,(H,11,13). The van der Waals surface area contributed by atoms with Gasteiger partial charge in [0.1, 0.15) is 5.75 Å². The quantitative estimate of drug-likeness (QED) is 0.711. The summed E-state index contributed by atoms with van der Waals surface area (Å²) < 4.78 is 11.2. The molecule has 0 bridgehead atoms. The summed E-state index contributed by atoms with van der Waals surface area (Å²) in [5, 5.41) is 11.4. The highest BCUT2D eigenvalue weighted by molar-refractivity contribution is 7.85. The first-order valence-corrected chi connectivity index (χ1v) is 6.96. The Labute approximate surface area is 92.9 Å². The number of carbonyl (C=O) groups excluding carboxylic acids is 1. The Morgan fingerprint density at radius 3 is 2.60 bits per heavy atom. The van der Waals surface area contributed by atoms with Crippen LogP contribution in [0.15, 0.2) is 0 Å². The summed E-state index contributed by atoms with van der Waals surface area (Å²) >= 11 is 0. The predicted molar refractivity (Wildman–Crippen MR) is 60.0 cm³/mol. The Morgan fingerprint density at radius 1 is 1.33 bits per heavy atom. The van der Waals surface area contributed by atoms with Crippen molar-refractivity contribution in [2.24, 2.45) is 0 Å². The summed E-state index contributed by atoms with van der Waals surface area (Å²) in [6.45, 7) is -0.122. The van der Waals surface area contributed by atoms with E-state index in [9.17, 15) is 9.00 Å². The van der Waals surface area contributed by atoms with Crippen molar-refractivity contribution in [2.75, 3.05) is 18.1 Å².